The number of rotatable bonds is 7. The maximum absolute atomic E-state index is 13.5. The van der Waals surface area contributed by atoms with Crippen LogP contribution in [0.3, 0.4) is 0 Å². The normalized spacial score (nSPS) is 21.8. The topological polar surface area (TPSA) is 78.8 Å². The van der Waals surface area contributed by atoms with Gasteiger partial charge in [0.2, 0.25) is 5.88 Å². The first-order valence-electron chi connectivity index (χ1n) is 11.8. The molecule has 4 rings (SSSR count). The minimum atomic E-state index is -0.285. The molecule has 0 radical (unpaired) electrons. The van der Waals surface area contributed by atoms with Gasteiger partial charge in [0, 0.05) is 37.9 Å². The van der Waals surface area contributed by atoms with E-state index in [0.717, 1.165) is 30.5 Å². The van der Waals surface area contributed by atoms with E-state index in [-0.39, 0.29) is 30.6 Å². The fourth-order valence-corrected chi connectivity index (χ4v) is 4.57. The third-order valence-corrected chi connectivity index (χ3v) is 6.58. The van der Waals surface area contributed by atoms with Crippen LogP contribution in [0.15, 0.2) is 42.7 Å². The number of ether oxygens (including phenoxy) is 1. The maximum Gasteiger partial charge on any atom is 0.259 e. The SMILES string of the molecule is C[C@H](CO)N1C[C@H](C)[C@H](CN(C)Cc2ccccn2)Oc2ncc(C3=CCCC3)cc2C1=O. The van der Waals surface area contributed by atoms with Crippen molar-refractivity contribution < 1.29 is 14.6 Å². The van der Waals surface area contributed by atoms with Crippen LogP contribution in [-0.2, 0) is 6.54 Å². The third kappa shape index (κ3) is 5.42. The largest absolute Gasteiger partial charge is 0.472 e. The molecule has 1 aliphatic carbocycles. The van der Waals surface area contributed by atoms with Gasteiger partial charge in [0.15, 0.2) is 0 Å². The molecule has 3 heterocycles. The van der Waals surface area contributed by atoms with Gasteiger partial charge in [0.05, 0.1) is 18.3 Å². The second-order valence-electron chi connectivity index (χ2n) is 9.34. The molecule has 0 unspecified atom stereocenters. The number of aliphatic hydroxyl groups is 1. The van der Waals surface area contributed by atoms with Crippen molar-refractivity contribution in [1.29, 1.82) is 0 Å². The summed E-state index contributed by atoms with van der Waals surface area (Å²) in [7, 11) is 2.05. The number of nitrogens with zero attached hydrogens (tertiary/aromatic N) is 4. The third-order valence-electron chi connectivity index (χ3n) is 6.58. The summed E-state index contributed by atoms with van der Waals surface area (Å²) in [6.07, 6.45) is 8.88. The van der Waals surface area contributed by atoms with E-state index in [4.69, 9.17) is 4.74 Å². The summed E-state index contributed by atoms with van der Waals surface area (Å²) in [6, 6.07) is 7.55. The summed E-state index contributed by atoms with van der Waals surface area (Å²) < 4.78 is 6.40. The number of carbonyl (C=O) groups excluding carboxylic acids is 1. The molecule has 2 aromatic heterocycles. The first kappa shape index (κ1) is 23.4. The van der Waals surface area contributed by atoms with Gasteiger partial charge < -0.3 is 14.7 Å². The predicted molar refractivity (Wildman–Crippen MR) is 128 cm³/mol. The van der Waals surface area contributed by atoms with E-state index >= 15 is 0 Å². The van der Waals surface area contributed by atoms with Gasteiger partial charge in [-0.2, -0.15) is 0 Å². The molecule has 0 spiro atoms. The lowest BCUT2D eigenvalue weighted by atomic mass is 9.99. The quantitative estimate of drug-likeness (QED) is 0.697. The van der Waals surface area contributed by atoms with Crippen molar-refractivity contribution in [2.75, 3.05) is 26.7 Å². The Morgan fingerprint density at radius 2 is 2.18 bits per heavy atom. The molecule has 33 heavy (non-hydrogen) atoms. The average molecular weight is 451 g/mol. The predicted octanol–water partition coefficient (Wildman–Crippen LogP) is 3.40. The molecule has 7 nitrogen and oxygen atoms in total. The molecule has 0 saturated heterocycles. The van der Waals surface area contributed by atoms with Crippen molar-refractivity contribution in [3.8, 4) is 5.88 Å². The fourth-order valence-electron chi connectivity index (χ4n) is 4.57. The van der Waals surface area contributed by atoms with Crippen molar-refractivity contribution in [1.82, 2.24) is 19.8 Å². The molecule has 2 aliphatic rings. The zero-order chi connectivity index (χ0) is 23.4. The standard InChI is InChI=1S/C26H34N4O3/c1-18-14-30(19(2)17-31)26(32)23-12-21(20-8-4-5-9-20)13-28-25(23)33-24(18)16-29(3)15-22-10-6-7-11-27-22/h6-8,10-13,18-19,24,31H,4-5,9,14-17H2,1-3H3/t18-,19+,24-/m0/s1. The van der Waals surface area contributed by atoms with E-state index in [1.54, 1.807) is 11.1 Å². The number of aliphatic hydroxyl groups excluding tert-OH is 1. The minimum absolute atomic E-state index is 0.0568. The van der Waals surface area contributed by atoms with Gasteiger partial charge >= 0.3 is 0 Å². The first-order valence-corrected chi connectivity index (χ1v) is 11.8. The van der Waals surface area contributed by atoms with Crippen LogP contribution >= 0.6 is 0 Å². The van der Waals surface area contributed by atoms with Crippen LogP contribution in [0.1, 0.15) is 54.7 Å². The lowest BCUT2D eigenvalue weighted by Gasteiger charge is -2.37. The lowest BCUT2D eigenvalue weighted by Crippen LogP contribution is -2.49. The molecule has 3 atom stereocenters. The van der Waals surface area contributed by atoms with Crippen LogP contribution in [0.4, 0.5) is 0 Å². The Morgan fingerprint density at radius 1 is 1.33 bits per heavy atom. The van der Waals surface area contributed by atoms with Crippen molar-refractivity contribution in [2.45, 2.75) is 51.8 Å². The highest BCUT2D eigenvalue weighted by atomic mass is 16.5. The second-order valence-corrected chi connectivity index (χ2v) is 9.34. The molecule has 176 valence electrons. The molecule has 1 amide bonds. The van der Waals surface area contributed by atoms with Crippen LogP contribution in [0.2, 0.25) is 0 Å². The van der Waals surface area contributed by atoms with Gasteiger partial charge in [-0.1, -0.05) is 19.1 Å². The van der Waals surface area contributed by atoms with Gasteiger partial charge in [-0.3, -0.25) is 14.7 Å². The highest BCUT2D eigenvalue weighted by molar-refractivity contribution is 5.97. The summed E-state index contributed by atoms with van der Waals surface area (Å²) in [5, 5.41) is 9.84. The van der Waals surface area contributed by atoms with Crippen molar-refractivity contribution in [2.24, 2.45) is 5.92 Å². The molecule has 0 bridgehead atoms. The minimum Gasteiger partial charge on any atom is -0.472 e. The van der Waals surface area contributed by atoms with E-state index in [0.29, 0.717) is 31.1 Å². The number of allylic oxidation sites excluding steroid dienone is 2. The fraction of sp³-hybridized carbons (Fsp3) is 0.500. The van der Waals surface area contributed by atoms with Gasteiger partial charge in [-0.25, -0.2) is 4.98 Å². The summed E-state index contributed by atoms with van der Waals surface area (Å²) in [5.74, 6) is 0.299. The summed E-state index contributed by atoms with van der Waals surface area (Å²) in [6.45, 7) is 5.77. The first-order chi connectivity index (χ1) is 16.0. The second kappa shape index (κ2) is 10.4. The number of aromatic nitrogens is 2. The number of carbonyl (C=O) groups is 1. The van der Waals surface area contributed by atoms with Crippen LogP contribution in [0.5, 0.6) is 5.88 Å². The Balaban J connectivity index is 1.62. The maximum atomic E-state index is 13.5. The number of fused-ring (bicyclic) bond motifs is 1. The molecule has 0 aromatic carbocycles. The summed E-state index contributed by atoms with van der Waals surface area (Å²) in [5.41, 5.74) is 3.70. The molecule has 1 aliphatic heterocycles. The smallest absolute Gasteiger partial charge is 0.259 e. The zero-order valence-corrected chi connectivity index (χ0v) is 19.8. The Hall–Kier alpha value is -2.77. The van der Waals surface area contributed by atoms with Crippen LogP contribution < -0.4 is 4.74 Å². The van der Waals surface area contributed by atoms with Crippen molar-refractivity contribution in [3.05, 3.63) is 59.6 Å². The Kier molecular flexibility index (Phi) is 7.40. The highest BCUT2D eigenvalue weighted by Gasteiger charge is 2.34. The molecular weight excluding hydrogens is 416 g/mol. The van der Waals surface area contributed by atoms with Crippen LogP contribution in [0, 0.1) is 5.92 Å². The molecule has 0 saturated carbocycles. The van der Waals surface area contributed by atoms with E-state index in [2.05, 4.69) is 27.9 Å². The lowest BCUT2D eigenvalue weighted by molar-refractivity contribution is 0.0324. The summed E-state index contributed by atoms with van der Waals surface area (Å²) in [4.78, 5) is 26.5. The van der Waals surface area contributed by atoms with Gasteiger partial charge in [0.1, 0.15) is 11.7 Å². The molecule has 1 N–H and O–H groups in total. The highest BCUT2D eigenvalue weighted by Crippen LogP contribution is 2.32. The number of pyridine rings is 2. The van der Waals surface area contributed by atoms with Gasteiger partial charge in [0.25, 0.3) is 5.91 Å². The van der Waals surface area contributed by atoms with Gasteiger partial charge in [-0.05, 0) is 62.6 Å². The van der Waals surface area contributed by atoms with Crippen molar-refractivity contribution >= 4 is 11.5 Å². The Bertz CT molecular complexity index is 994. The van der Waals surface area contributed by atoms with E-state index in [1.165, 1.54) is 5.57 Å². The van der Waals surface area contributed by atoms with E-state index in [1.807, 2.05) is 44.4 Å². The summed E-state index contributed by atoms with van der Waals surface area (Å²) >= 11 is 0. The van der Waals surface area contributed by atoms with E-state index < -0.39 is 0 Å². The monoisotopic (exact) mass is 450 g/mol. The van der Waals surface area contributed by atoms with Crippen LogP contribution in [0.25, 0.3) is 5.57 Å². The zero-order valence-electron chi connectivity index (χ0n) is 19.8. The van der Waals surface area contributed by atoms with Crippen molar-refractivity contribution in [3.63, 3.8) is 0 Å². The Labute approximate surface area is 196 Å². The molecule has 0 fully saturated rings. The molecule has 7 heteroatoms. The number of hydrogen-bond donors (Lipinski definition) is 1. The average Bonchev–Trinajstić information content (AvgIpc) is 3.36. The molecular formula is C26H34N4O3. The Morgan fingerprint density at radius 3 is 2.88 bits per heavy atom. The van der Waals surface area contributed by atoms with E-state index in [9.17, 15) is 9.90 Å². The molecule has 2 aromatic rings. The number of hydrogen-bond acceptors (Lipinski definition) is 6. The number of amides is 1. The van der Waals surface area contributed by atoms with Crippen LogP contribution in [-0.4, -0.2) is 69.7 Å². The number of likely N-dealkylation sites (N-methyl/N-ethyl adjacent to an activating group) is 1. The van der Waals surface area contributed by atoms with Gasteiger partial charge in [-0.15, -0.1) is 0 Å².